The lowest BCUT2D eigenvalue weighted by Crippen LogP contribution is -2.55. The molecule has 0 amide bonds. The van der Waals surface area contributed by atoms with Crippen LogP contribution in [0.2, 0.25) is 0 Å². The first kappa shape index (κ1) is 12.6. The van der Waals surface area contributed by atoms with Crippen LogP contribution in [-0.4, -0.2) is 25.3 Å². The van der Waals surface area contributed by atoms with Crippen LogP contribution in [0.5, 0.6) is 0 Å². The second-order valence-electron chi connectivity index (χ2n) is 4.87. The molecule has 1 aromatic carbocycles. The molecule has 1 aliphatic rings. The molecule has 1 fully saturated rings. The SMILES string of the molecule is C[C@H](NC1(CN)CCOCC1)c1ccccc1. The summed E-state index contributed by atoms with van der Waals surface area (Å²) in [6.45, 7) is 4.49. The molecule has 17 heavy (non-hydrogen) atoms. The Morgan fingerprint density at radius 3 is 2.53 bits per heavy atom. The third kappa shape index (κ3) is 3.06. The van der Waals surface area contributed by atoms with Crippen molar-refractivity contribution in [2.45, 2.75) is 31.3 Å². The molecule has 0 bridgehead atoms. The van der Waals surface area contributed by atoms with Gasteiger partial charge >= 0.3 is 0 Å². The normalized spacial score (nSPS) is 21.1. The van der Waals surface area contributed by atoms with E-state index in [-0.39, 0.29) is 5.54 Å². The van der Waals surface area contributed by atoms with Crippen molar-refractivity contribution < 1.29 is 4.74 Å². The average Bonchev–Trinajstić information content (AvgIpc) is 2.41. The van der Waals surface area contributed by atoms with Gasteiger partial charge in [-0.2, -0.15) is 0 Å². The Labute approximate surface area is 103 Å². The molecular weight excluding hydrogens is 212 g/mol. The largest absolute Gasteiger partial charge is 0.381 e. The molecule has 3 nitrogen and oxygen atoms in total. The van der Waals surface area contributed by atoms with Crippen LogP contribution in [0.1, 0.15) is 31.4 Å². The van der Waals surface area contributed by atoms with Crippen molar-refractivity contribution in [2.24, 2.45) is 5.73 Å². The summed E-state index contributed by atoms with van der Waals surface area (Å²) in [4.78, 5) is 0. The van der Waals surface area contributed by atoms with E-state index >= 15 is 0 Å². The Hall–Kier alpha value is -0.900. The first-order valence-corrected chi connectivity index (χ1v) is 6.36. The van der Waals surface area contributed by atoms with Gasteiger partial charge in [-0.15, -0.1) is 0 Å². The van der Waals surface area contributed by atoms with Crippen molar-refractivity contribution in [3.63, 3.8) is 0 Å². The zero-order valence-corrected chi connectivity index (χ0v) is 10.5. The van der Waals surface area contributed by atoms with Crippen molar-refractivity contribution in [3.8, 4) is 0 Å². The van der Waals surface area contributed by atoms with Crippen LogP contribution in [0.15, 0.2) is 30.3 Å². The van der Waals surface area contributed by atoms with Crippen LogP contribution in [0, 0.1) is 0 Å². The monoisotopic (exact) mass is 234 g/mol. The van der Waals surface area contributed by atoms with Gasteiger partial charge in [0, 0.05) is 31.3 Å². The van der Waals surface area contributed by atoms with Crippen LogP contribution < -0.4 is 11.1 Å². The molecule has 1 aliphatic heterocycles. The maximum atomic E-state index is 5.95. The van der Waals surface area contributed by atoms with Crippen molar-refractivity contribution >= 4 is 0 Å². The molecule has 1 saturated heterocycles. The fraction of sp³-hybridized carbons (Fsp3) is 0.571. The predicted octanol–water partition coefficient (Wildman–Crippen LogP) is 1.85. The van der Waals surface area contributed by atoms with E-state index in [0.29, 0.717) is 12.6 Å². The molecule has 1 aromatic rings. The van der Waals surface area contributed by atoms with E-state index < -0.39 is 0 Å². The summed E-state index contributed by atoms with van der Waals surface area (Å²) in [5.74, 6) is 0. The summed E-state index contributed by atoms with van der Waals surface area (Å²) >= 11 is 0. The molecule has 0 unspecified atom stereocenters. The molecule has 3 heteroatoms. The number of benzene rings is 1. The van der Waals surface area contributed by atoms with Gasteiger partial charge in [0.15, 0.2) is 0 Å². The minimum Gasteiger partial charge on any atom is -0.381 e. The van der Waals surface area contributed by atoms with Crippen molar-refractivity contribution in [1.29, 1.82) is 0 Å². The summed E-state index contributed by atoms with van der Waals surface area (Å²) in [7, 11) is 0. The van der Waals surface area contributed by atoms with Gasteiger partial charge in [0.25, 0.3) is 0 Å². The highest BCUT2D eigenvalue weighted by Crippen LogP contribution is 2.24. The molecule has 0 aliphatic carbocycles. The van der Waals surface area contributed by atoms with E-state index in [1.54, 1.807) is 0 Å². The zero-order chi connectivity index (χ0) is 12.1. The maximum absolute atomic E-state index is 5.95. The van der Waals surface area contributed by atoms with Gasteiger partial charge in [-0.3, -0.25) is 0 Å². The highest BCUT2D eigenvalue weighted by atomic mass is 16.5. The van der Waals surface area contributed by atoms with E-state index in [2.05, 4.69) is 36.5 Å². The van der Waals surface area contributed by atoms with Crippen LogP contribution in [0.25, 0.3) is 0 Å². The molecule has 2 rings (SSSR count). The fourth-order valence-electron chi connectivity index (χ4n) is 2.45. The van der Waals surface area contributed by atoms with Gasteiger partial charge < -0.3 is 15.8 Å². The Morgan fingerprint density at radius 2 is 1.94 bits per heavy atom. The van der Waals surface area contributed by atoms with E-state index in [9.17, 15) is 0 Å². The molecule has 94 valence electrons. The Morgan fingerprint density at radius 1 is 1.29 bits per heavy atom. The van der Waals surface area contributed by atoms with E-state index in [4.69, 9.17) is 10.5 Å². The molecule has 0 saturated carbocycles. The van der Waals surface area contributed by atoms with Crippen LogP contribution in [0.3, 0.4) is 0 Å². The third-order valence-electron chi connectivity index (χ3n) is 3.66. The standard InChI is InChI=1S/C14H22N2O/c1-12(13-5-3-2-4-6-13)16-14(11-15)7-9-17-10-8-14/h2-6,12,16H,7-11,15H2,1H3/t12-/m0/s1. The summed E-state index contributed by atoms with van der Waals surface area (Å²) < 4.78 is 5.42. The molecule has 1 heterocycles. The highest BCUT2D eigenvalue weighted by molar-refractivity contribution is 5.19. The predicted molar refractivity (Wildman–Crippen MR) is 69.8 cm³/mol. The lowest BCUT2D eigenvalue weighted by Gasteiger charge is -2.39. The molecule has 0 spiro atoms. The van der Waals surface area contributed by atoms with Gasteiger partial charge in [-0.05, 0) is 25.3 Å². The number of ether oxygens (including phenoxy) is 1. The van der Waals surface area contributed by atoms with Crippen LogP contribution >= 0.6 is 0 Å². The lowest BCUT2D eigenvalue weighted by atomic mass is 9.88. The minimum absolute atomic E-state index is 0.0491. The Kier molecular flexibility index (Phi) is 4.15. The fourth-order valence-corrected chi connectivity index (χ4v) is 2.45. The van der Waals surface area contributed by atoms with E-state index in [1.165, 1.54) is 5.56 Å². The molecule has 3 N–H and O–H groups in total. The number of nitrogens with one attached hydrogen (secondary N) is 1. The first-order chi connectivity index (χ1) is 8.26. The van der Waals surface area contributed by atoms with Gasteiger partial charge in [0.2, 0.25) is 0 Å². The van der Waals surface area contributed by atoms with Crippen LogP contribution in [-0.2, 0) is 4.74 Å². The third-order valence-corrected chi connectivity index (χ3v) is 3.66. The molecule has 1 atom stereocenters. The zero-order valence-electron chi connectivity index (χ0n) is 10.5. The van der Waals surface area contributed by atoms with Gasteiger partial charge in [-0.25, -0.2) is 0 Å². The number of hydrogen-bond donors (Lipinski definition) is 2. The quantitative estimate of drug-likeness (QED) is 0.835. The number of rotatable bonds is 4. The van der Waals surface area contributed by atoms with E-state index in [1.807, 2.05) is 6.07 Å². The van der Waals surface area contributed by atoms with Crippen molar-refractivity contribution in [2.75, 3.05) is 19.8 Å². The minimum atomic E-state index is 0.0491. The van der Waals surface area contributed by atoms with Gasteiger partial charge in [0.05, 0.1) is 0 Å². The molecule has 0 radical (unpaired) electrons. The highest BCUT2D eigenvalue weighted by Gasteiger charge is 2.32. The van der Waals surface area contributed by atoms with Crippen LogP contribution in [0.4, 0.5) is 0 Å². The number of nitrogens with two attached hydrogens (primary N) is 1. The summed E-state index contributed by atoms with van der Waals surface area (Å²) in [5.41, 5.74) is 7.31. The van der Waals surface area contributed by atoms with Crippen molar-refractivity contribution in [3.05, 3.63) is 35.9 Å². The summed E-state index contributed by atoms with van der Waals surface area (Å²) in [6.07, 6.45) is 2.00. The summed E-state index contributed by atoms with van der Waals surface area (Å²) in [5, 5.41) is 3.69. The maximum Gasteiger partial charge on any atom is 0.0484 e. The lowest BCUT2D eigenvalue weighted by molar-refractivity contribution is 0.0373. The topological polar surface area (TPSA) is 47.3 Å². The average molecular weight is 234 g/mol. The Bertz CT molecular complexity index is 333. The molecular formula is C14H22N2O. The molecule has 0 aromatic heterocycles. The first-order valence-electron chi connectivity index (χ1n) is 6.36. The van der Waals surface area contributed by atoms with Gasteiger partial charge in [-0.1, -0.05) is 30.3 Å². The van der Waals surface area contributed by atoms with Crippen molar-refractivity contribution in [1.82, 2.24) is 5.32 Å². The Balaban J connectivity index is 2.03. The van der Waals surface area contributed by atoms with Gasteiger partial charge in [0.1, 0.15) is 0 Å². The second kappa shape index (κ2) is 5.63. The smallest absolute Gasteiger partial charge is 0.0484 e. The summed E-state index contributed by atoms with van der Waals surface area (Å²) in [6, 6.07) is 10.8. The number of hydrogen-bond acceptors (Lipinski definition) is 3. The van der Waals surface area contributed by atoms with E-state index in [0.717, 1.165) is 26.1 Å². The second-order valence-corrected chi connectivity index (χ2v) is 4.87.